The fourth-order valence-corrected chi connectivity index (χ4v) is 2.36. The second-order valence-electron chi connectivity index (χ2n) is 4.25. The van der Waals surface area contributed by atoms with Crippen LogP contribution in [0.3, 0.4) is 0 Å². The third-order valence-corrected chi connectivity index (χ3v) is 3.39. The Balaban J connectivity index is 2.04. The number of ether oxygens (including phenoxy) is 1. The summed E-state index contributed by atoms with van der Waals surface area (Å²) in [4.78, 5) is 2.16. The van der Waals surface area contributed by atoms with E-state index in [1.165, 1.54) is 5.56 Å². The fourth-order valence-electron chi connectivity index (χ4n) is 2.10. The van der Waals surface area contributed by atoms with Crippen LogP contribution in [0.25, 0.3) is 5.70 Å². The Kier molecular flexibility index (Phi) is 3.61. The molecular weight excluding hydrogens is 274 g/mol. The summed E-state index contributed by atoms with van der Waals surface area (Å²) >= 11 is 2.94. The van der Waals surface area contributed by atoms with Crippen molar-refractivity contribution in [3.05, 3.63) is 72.3 Å². The molecule has 2 nitrogen and oxygen atoms in total. The van der Waals surface area contributed by atoms with Gasteiger partial charge in [0.15, 0.2) is 0 Å². The van der Waals surface area contributed by atoms with Gasteiger partial charge in [0.1, 0.15) is 0 Å². The van der Waals surface area contributed by atoms with Crippen LogP contribution in [-0.2, 0) is 20.6 Å². The third kappa shape index (κ3) is 2.69. The maximum absolute atomic E-state index is 5.61. The fraction of sp³-hybridized carbons (Fsp3) is 0.0625. The van der Waals surface area contributed by atoms with Gasteiger partial charge in [-0.25, -0.2) is 0 Å². The molecule has 3 rings (SSSR count). The molecule has 2 aromatic carbocycles. The molecule has 0 fully saturated rings. The number of benzene rings is 2. The van der Waals surface area contributed by atoms with Gasteiger partial charge in [0.25, 0.3) is 0 Å². The molecule has 0 spiro atoms. The Morgan fingerprint density at radius 2 is 1.53 bits per heavy atom. The summed E-state index contributed by atoms with van der Waals surface area (Å²) in [6.07, 6.45) is 2.03. The Bertz CT molecular complexity index is 607. The summed E-state index contributed by atoms with van der Waals surface area (Å²) in [5, 5.41) is 0. The number of para-hydroxylation sites is 1. The zero-order valence-corrected chi connectivity index (χ0v) is 11.6. The van der Waals surface area contributed by atoms with Crippen molar-refractivity contribution in [2.75, 3.05) is 11.6 Å². The van der Waals surface area contributed by atoms with Crippen LogP contribution in [0, 0.1) is 0 Å². The topological polar surface area (TPSA) is 12.5 Å². The summed E-state index contributed by atoms with van der Waals surface area (Å²) in [7, 11) is 0. The summed E-state index contributed by atoms with van der Waals surface area (Å²) in [5.41, 5.74) is 3.46. The van der Waals surface area contributed by atoms with E-state index in [2.05, 4.69) is 45.0 Å². The molecule has 1 aliphatic heterocycles. The van der Waals surface area contributed by atoms with Crippen LogP contribution in [0.5, 0.6) is 0 Å². The van der Waals surface area contributed by atoms with E-state index in [1.807, 2.05) is 42.5 Å². The van der Waals surface area contributed by atoms with Gasteiger partial charge < -0.3 is 0 Å². The van der Waals surface area contributed by atoms with Crippen molar-refractivity contribution in [3.8, 4) is 0 Å². The number of rotatable bonds is 2. The molecular formula is C16H13CrNO. The van der Waals surface area contributed by atoms with Gasteiger partial charge in [-0.15, -0.1) is 0 Å². The van der Waals surface area contributed by atoms with Crippen LogP contribution < -0.4 is 4.90 Å². The minimum absolute atomic E-state index is 0.521. The average Bonchev–Trinajstić information content (AvgIpc) is 2.49. The second kappa shape index (κ2) is 5.54. The van der Waals surface area contributed by atoms with Crippen LogP contribution in [0.4, 0.5) is 5.69 Å². The van der Waals surface area contributed by atoms with Crippen molar-refractivity contribution < 1.29 is 20.6 Å². The van der Waals surface area contributed by atoms with Gasteiger partial charge in [0.2, 0.25) is 0 Å². The summed E-state index contributed by atoms with van der Waals surface area (Å²) in [6, 6.07) is 20.6. The van der Waals surface area contributed by atoms with E-state index in [0.29, 0.717) is 6.73 Å². The van der Waals surface area contributed by atoms with E-state index in [-0.39, 0.29) is 0 Å². The maximum atomic E-state index is 5.61. The van der Waals surface area contributed by atoms with Gasteiger partial charge in [-0.1, -0.05) is 0 Å². The summed E-state index contributed by atoms with van der Waals surface area (Å²) < 4.78 is 6.43. The Morgan fingerprint density at radius 3 is 2.21 bits per heavy atom. The molecule has 0 unspecified atom stereocenters. The monoisotopic (exact) mass is 287 g/mol. The van der Waals surface area contributed by atoms with Crippen molar-refractivity contribution in [1.82, 2.24) is 0 Å². The zero-order valence-electron chi connectivity index (χ0n) is 10.3. The standard InChI is InChI=1S/C16H13NO.Cr/c1-3-7-14(8-4-1)16-11-12-18-13-17(16)15-9-5-2-6-10-15;/h1-11H,13H2;. The average molecular weight is 287 g/mol. The van der Waals surface area contributed by atoms with E-state index >= 15 is 0 Å². The number of anilines is 1. The molecule has 0 saturated heterocycles. The van der Waals surface area contributed by atoms with Crippen LogP contribution in [0.15, 0.2) is 66.7 Å². The van der Waals surface area contributed by atoms with Gasteiger partial charge in [-0.2, -0.15) is 0 Å². The van der Waals surface area contributed by atoms with Crippen molar-refractivity contribution in [2.45, 2.75) is 0 Å². The third-order valence-electron chi connectivity index (χ3n) is 3.02. The van der Waals surface area contributed by atoms with Gasteiger partial charge >= 0.3 is 120 Å². The van der Waals surface area contributed by atoms with Gasteiger partial charge in [0.05, 0.1) is 0 Å². The molecule has 19 heavy (non-hydrogen) atoms. The molecule has 0 amide bonds. The van der Waals surface area contributed by atoms with Gasteiger partial charge in [-0.05, 0) is 0 Å². The molecule has 0 aromatic heterocycles. The van der Waals surface area contributed by atoms with E-state index in [1.54, 1.807) is 0 Å². The Labute approximate surface area is 120 Å². The molecule has 0 saturated carbocycles. The molecule has 1 heterocycles. The van der Waals surface area contributed by atoms with Crippen LogP contribution in [-0.4, -0.2) is 11.3 Å². The summed E-state index contributed by atoms with van der Waals surface area (Å²) in [6.45, 7) is 0.521. The van der Waals surface area contributed by atoms with Crippen LogP contribution in [0.1, 0.15) is 5.56 Å². The summed E-state index contributed by atoms with van der Waals surface area (Å²) in [5.74, 6) is 0. The van der Waals surface area contributed by atoms with E-state index in [9.17, 15) is 0 Å². The molecule has 2 aromatic rings. The first-order valence-electron chi connectivity index (χ1n) is 6.11. The Hall–Kier alpha value is -1.66. The first-order chi connectivity index (χ1) is 9.34. The normalized spacial score (nSPS) is 15.3. The van der Waals surface area contributed by atoms with E-state index < -0.39 is 0 Å². The zero-order chi connectivity index (χ0) is 13.1. The van der Waals surface area contributed by atoms with Crippen molar-refractivity contribution in [2.24, 2.45) is 0 Å². The number of hydrogen-bond donors (Lipinski definition) is 0. The molecule has 0 N–H and O–H groups in total. The van der Waals surface area contributed by atoms with Gasteiger partial charge in [-0.3, -0.25) is 0 Å². The quantitative estimate of drug-likeness (QED) is 0.841. The molecule has 0 bridgehead atoms. The van der Waals surface area contributed by atoms with E-state index in [0.717, 1.165) is 16.0 Å². The van der Waals surface area contributed by atoms with E-state index in [4.69, 9.17) is 4.74 Å². The SMILES string of the molecule is [Cr]=[C]1C=C(c2ccccc2)N(c2ccccc2)CO1. The predicted molar refractivity (Wildman–Crippen MR) is 74.3 cm³/mol. The molecule has 0 aliphatic carbocycles. The predicted octanol–water partition coefficient (Wildman–Crippen LogP) is 3.20. The van der Waals surface area contributed by atoms with Gasteiger partial charge in [0, 0.05) is 0 Å². The second-order valence-corrected chi connectivity index (χ2v) is 4.88. The molecule has 94 valence electrons. The minimum atomic E-state index is 0.521. The Morgan fingerprint density at radius 1 is 0.895 bits per heavy atom. The first-order valence-corrected chi connectivity index (χ1v) is 6.75. The molecule has 0 atom stereocenters. The first kappa shape index (κ1) is 12.4. The molecule has 3 heteroatoms. The van der Waals surface area contributed by atoms with Crippen LogP contribution in [0.2, 0.25) is 0 Å². The number of hydrogen-bond acceptors (Lipinski definition) is 2. The van der Waals surface area contributed by atoms with Crippen LogP contribution >= 0.6 is 0 Å². The molecule has 1 aliphatic rings. The number of nitrogens with zero attached hydrogens (tertiary/aromatic N) is 1. The van der Waals surface area contributed by atoms with Crippen molar-refractivity contribution in [1.29, 1.82) is 0 Å². The molecule has 0 radical (unpaired) electrons. The van der Waals surface area contributed by atoms with Crippen molar-refractivity contribution >= 4 is 16.0 Å². The van der Waals surface area contributed by atoms with Crippen molar-refractivity contribution in [3.63, 3.8) is 0 Å².